The predicted octanol–water partition coefficient (Wildman–Crippen LogP) is 3.44. The Bertz CT molecular complexity index is 386. The summed E-state index contributed by atoms with van der Waals surface area (Å²) < 4.78 is 4.72. The number of hydrogen-bond donors (Lipinski definition) is 0. The van der Waals surface area contributed by atoms with E-state index in [1.165, 1.54) is 7.11 Å². The van der Waals surface area contributed by atoms with Crippen LogP contribution in [-0.2, 0) is 14.9 Å². The van der Waals surface area contributed by atoms with Crippen LogP contribution in [0.15, 0.2) is 18.2 Å². The van der Waals surface area contributed by atoms with Gasteiger partial charge >= 0.3 is 5.97 Å². The topological polar surface area (TPSA) is 26.3 Å². The van der Waals surface area contributed by atoms with E-state index in [1.54, 1.807) is 32.0 Å². The van der Waals surface area contributed by atoms with Crippen LogP contribution in [0, 0.1) is 0 Å². The number of esters is 1. The fraction of sp³-hybridized carbons (Fsp3) is 0.364. The molecule has 0 amide bonds. The average Bonchev–Trinajstić information content (AvgIpc) is 2.20. The van der Waals surface area contributed by atoms with Crippen molar-refractivity contribution in [2.45, 2.75) is 19.3 Å². The van der Waals surface area contributed by atoms with Crippen LogP contribution in [0.25, 0.3) is 0 Å². The SMILES string of the molecule is COC(=O)C(C)(C)c1cccc(Cl)c1Cl. The summed E-state index contributed by atoms with van der Waals surface area (Å²) in [6, 6.07) is 5.21. The van der Waals surface area contributed by atoms with Crippen LogP contribution in [-0.4, -0.2) is 13.1 Å². The van der Waals surface area contributed by atoms with Crippen LogP contribution in [0.4, 0.5) is 0 Å². The van der Waals surface area contributed by atoms with Gasteiger partial charge in [0.15, 0.2) is 0 Å². The van der Waals surface area contributed by atoms with Crippen molar-refractivity contribution in [3.8, 4) is 0 Å². The Hall–Kier alpha value is -0.730. The lowest BCUT2D eigenvalue weighted by atomic mass is 9.85. The molecule has 1 aromatic rings. The Morgan fingerprint density at radius 2 is 1.93 bits per heavy atom. The Kier molecular flexibility index (Phi) is 3.63. The molecule has 1 rings (SSSR count). The quantitative estimate of drug-likeness (QED) is 0.748. The van der Waals surface area contributed by atoms with Crippen LogP contribution < -0.4 is 0 Å². The first-order valence-electron chi connectivity index (χ1n) is 4.44. The van der Waals surface area contributed by atoms with Gasteiger partial charge in [0.2, 0.25) is 0 Å². The van der Waals surface area contributed by atoms with Crippen LogP contribution in [0.5, 0.6) is 0 Å². The molecule has 0 heterocycles. The van der Waals surface area contributed by atoms with E-state index in [4.69, 9.17) is 27.9 Å². The zero-order chi connectivity index (χ0) is 11.6. The van der Waals surface area contributed by atoms with Crippen LogP contribution in [0.2, 0.25) is 10.0 Å². The normalized spacial score (nSPS) is 11.3. The molecular weight excluding hydrogens is 235 g/mol. The summed E-state index contributed by atoms with van der Waals surface area (Å²) in [5.74, 6) is -0.341. The second-order valence-corrected chi connectivity index (χ2v) is 4.50. The molecule has 0 unspecified atom stereocenters. The van der Waals surface area contributed by atoms with Crippen molar-refractivity contribution in [1.29, 1.82) is 0 Å². The molecule has 0 atom stereocenters. The van der Waals surface area contributed by atoms with Gasteiger partial charge in [-0.05, 0) is 25.5 Å². The molecular formula is C11H12Cl2O2. The van der Waals surface area contributed by atoms with E-state index < -0.39 is 5.41 Å². The molecule has 2 nitrogen and oxygen atoms in total. The molecule has 1 aromatic carbocycles. The first-order chi connectivity index (χ1) is 6.91. The van der Waals surface area contributed by atoms with Gasteiger partial charge in [-0.25, -0.2) is 0 Å². The van der Waals surface area contributed by atoms with Gasteiger partial charge in [-0.2, -0.15) is 0 Å². The first-order valence-corrected chi connectivity index (χ1v) is 5.19. The maximum atomic E-state index is 11.6. The van der Waals surface area contributed by atoms with E-state index in [9.17, 15) is 4.79 Å². The van der Waals surface area contributed by atoms with E-state index in [0.29, 0.717) is 15.6 Å². The lowest BCUT2D eigenvalue weighted by Gasteiger charge is -2.23. The minimum absolute atomic E-state index is 0.341. The molecule has 0 aromatic heterocycles. The monoisotopic (exact) mass is 246 g/mol. The molecule has 0 aliphatic carbocycles. The maximum Gasteiger partial charge on any atom is 0.315 e. The molecule has 0 fully saturated rings. The molecule has 0 radical (unpaired) electrons. The number of carbonyl (C=O) groups excluding carboxylic acids is 1. The molecule has 0 bridgehead atoms. The second-order valence-electron chi connectivity index (χ2n) is 3.72. The van der Waals surface area contributed by atoms with E-state index in [-0.39, 0.29) is 5.97 Å². The largest absolute Gasteiger partial charge is 0.468 e. The van der Waals surface area contributed by atoms with Gasteiger partial charge in [-0.1, -0.05) is 35.3 Å². The number of methoxy groups -OCH3 is 1. The van der Waals surface area contributed by atoms with E-state index in [0.717, 1.165) is 0 Å². The number of benzene rings is 1. The van der Waals surface area contributed by atoms with Gasteiger partial charge < -0.3 is 4.74 Å². The highest BCUT2D eigenvalue weighted by molar-refractivity contribution is 6.42. The van der Waals surface area contributed by atoms with Crippen molar-refractivity contribution in [3.63, 3.8) is 0 Å². The molecule has 82 valence electrons. The van der Waals surface area contributed by atoms with Crippen LogP contribution >= 0.6 is 23.2 Å². The third-order valence-corrected chi connectivity index (χ3v) is 3.14. The van der Waals surface area contributed by atoms with Crippen LogP contribution in [0.3, 0.4) is 0 Å². The van der Waals surface area contributed by atoms with Crippen LogP contribution in [0.1, 0.15) is 19.4 Å². The number of hydrogen-bond acceptors (Lipinski definition) is 2. The van der Waals surface area contributed by atoms with Gasteiger partial charge in [0.05, 0.1) is 22.6 Å². The molecule has 0 aliphatic heterocycles. The fourth-order valence-electron chi connectivity index (χ4n) is 1.35. The molecule has 0 N–H and O–H groups in total. The van der Waals surface area contributed by atoms with E-state index in [1.807, 2.05) is 0 Å². The lowest BCUT2D eigenvalue weighted by molar-refractivity contribution is -0.146. The Balaban J connectivity index is 3.27. The molecule has 0 aliphatic rings. The number of rotatable bonds is 2. The lowest BCUT2D eigenvalue weighted by Crippen LogP contribution is -2.30. The van der Waals surface area contributed by atoms with Gasteiger partial charge in [0, 0.05) is 0 Å². The van der Waals surface area contributed by atoms with Gasteiger partial charge in [-0.3, -0.25) is 4.79 Å². The molecule has 0 spiro atoms. The predicted molar refractivity (Wildman–Crippen MR) is 61.5 cm³/mol. The second kappa shape index (κ2) is 4.42. The van der Waals surface area contributed by atoms with Crippen molar-refractivity contribution < 1.29 is 9.53 Å². The third-order valence-electron chi connectivity index (χ3n) is 2.32. The standard InChI is InChI=1S/C11H12Cl2O2/c1-11(2,10(14)15-3)7-5-4-6-8(12)9(7)13/h4-6H,1-3H3. The summed E-state index contributed by atoms with van der Waals surface area (Å²) in [4.78, 5) is 11.6. The Labute approximate surface area is 99.1 Å². The third kappa shape index (κ3) is 2.27. The summed E-state index contributed by atoms with van der Waals surface area (Å²) >= 11 is 11.9. The highest BCUT2D eigenvalue weighted by atomic mass is 35.5. The van der Waals surface area contributed by atoms with Crippen molar-refractivity contribution in [1.82, 2.24) is 0 Å². The minimum Gasteiger partial charge on any atom is -0.468 e. The number of carbonyl (C=O) groups is 1. The summed E-state index contributed by atoms with van der Waals surface area (Å²) in [7, 11) is 1.35. The summed E-state index contributed by atoms with van der Waals surface area (Å²) in [6.45, 7) is 3.49. The smallest absolute Gasteiger partial charge is 0.315 e. The molecule has 0 saturated carbocycles. The van der Waals surface area contributed by atoms with Crippen molar-refractivity contribution in [2.24, 2.45) is 0 Å². The highest BCUT2D eigenvalue weighted by Crippen LogP contribution is 2.35. The van der Waals surface area contributed by atoms with E-state index in [2.05, 4.69) is 0 Å². The number of ether oxygens (including phenoxy) is 1. The summed E-state index contributed by atoms with van der Waals surface area (Å²) in [6.07, 6.45) is 0. The first kappa shape index (κ1) is 12.3. The summed E-state index contributed by atoms with van der Waals surface area (Å²) in [5, 5.41) is 0.834. The van der Waals surface area contributed by atoms with Crippen molar-refractivity contribution in [2.75, 3.05) is 7.11 Å². The van der Waals surface area contributed by atoms with Gasteiger partial charge in [0.25, 0.3) is 0 Å². The summed E-state index contributed by atoms with van der Waals surface area (Å²) in [5.41, 5.74) is -0.125. The number of halogens is 2. The van der Waals surface area contributed by atoms with Gasteiger partial charge in [-0.15, -0.1) is 0 Å². The maximum absolute atomic E-state index is 11.6. The highest BCUT2D eigenvalue weighted by Gasteiger charge is 2.33. The average molecular weight is 247 g/mol. The molecule has 0 saturated heterocycles. The van der Waals surface area contributed by atoms with Gasteiger partial charge in [0.1, 0.15) is 0 Å². The van der Waals surface area contributed by atoms with Crippen molar-refractivity contribution in [3.05, 3.63) is 33.8 Å². The fourth-order valence-corrected chi connectivity index (χ4v) is 1.89. The minimum atomic E-state index is -0.795. The Morgan fingerprint density at radius 3 is 2.47 bits per heavy atom. The van der Waals surface area contributed by atoms with Crippen molar-refractivity contribution >= 4 is 29.2 Å². The molecule has 15 heavy (non-hydrogen) atoms. The Morgan fingerprint density at radius 1 is 1.33 bits per heavy atom. The van der Waals surface area contributed by atoms with E-state index >= 15 is 0 Å². The zero-order valence-corrected chi connectivity index (χ0v) is 10.3. The zero-order valence-electron chi connectivity index (χ0n) is 8.80. The molecule has 4 heteroatoms.